The van der Waals surface area contributed by atoms with Gasteiger partial charge in [-0.2, -0.15) is 4.98 Å². The molecule has 2 aromatic heterocycles. The van der Waals surface area contributed by atoms with Crippen LogP contribution in [0.4, 0.5) is 16.0 Å². The SMILES string of the molecule is CN(C)CCNC(=O)c1ccc(Nc2nc3c(-c4cccc(F)c4)cccn3n2)cc1. The lowest BCUT2D eigenvalue weighted by Crippen LogP contribution is -2.31. The van der Waals surface area contributed by atoms with Crippen LogP contribution in [-0.4, -0.2) is 52.6 Å². The van der Waals surface area contributed by atoms with Gasteiger partial charge in [-0.1, -0.05) is 12.1 Å². The highest BCUT2D eigenvalue weighted by Crippen LogP contribution is 2.25. The third-order valence-corrected chi connectivity index (χ3v) is 4.75. The maximum Gasteiger partial charge on any atom is 0.251 e. The summed E-state index contributed by atoms with van der Waals surface area (Å²) in [6.45, 7) is 1.37. The van der Waals surface area contributed by atoms with Crippen molar-refractivity contribution < 1.29 is 9.18 Å². The number of carbonyl (C=O) groups is 1. The number of rotatable bonds is 7. The monoisotopic (exact) mass is 418 g/mol. The van der Waals surface area contributed by atoms with Gasteiger partial charge in [0.05, 0.1) is 0 Å². The Kier molecular flexibility index (Phi) is 5.90. The number of benzene rings is 2. The number of amides is 1. The molecule has 31 heavy (non-hydrogen) atoms. The summed E-state index contributed by atoms with van der Waals surface area (Å²) in [7, 11) is 3.92. The fraction of sp³-hybridized carbons (Fsp3) is 0.174. The molecule has 7 nitrogen and oxygen atoms in total. The summed E-state index contributed by atoms with van der Waals surface area (Å²) in [6.07, 6.45) is 1.79. The normalized spacial score (nSPS) is 11.1. The molecule has 2 N–H and O–H groups in total. The van der Waals surface area contributed by atoms with Crippen LogP contribution in [-0.2, 0) is 0 Å². The molecule has 0 radical (unpaired) electrons. The molecular weight excluding hydrogens is 395 g/mol. The lowest BCUT2D eigenvalue weighted by molar-refractivity contribution is 0.0951. The van der Waals surface area contributed by atoms with Gasteiger partial charge in [-0.25, -0.2) is 8.91 Å². The summed E-state index contributed by atoms with van der Waals surface area (Å²) >= 11 is 0. The Hall–Kier alpha value is -3.78. The van der Waals surface area contributed by atoms with E-state index in [1.165, 1.54) is 12.1 Å². The summed E-state index contributed by atoms with van der Waals surface area (Å²) in [5, 5.41) is 10.5. The van der Waals surface area contributed by atoms with E-state index in [1.807, 2.05) is 37.2 Å². The molecule has 2 heterocycles. The fourth-order valence-corrected chi connectivity index (χ4v) is 3.17. The maximum absolute atomic E-state index is 13.7. The molecule has 0 saturated carbocycles. The van der Waals surface area contributed by atoms with Crippen LogP contribution in [0.3, 0.4) is 0 Å². The van der Waals surface area contributed by atoms with Crippen molar-refractivity contribution >= 4 is 23.2 Å². The number of aromatic nitrogens is 3. The van der Waals surface area contributed by atoms with Gasteiger partial charge in [-0.15, -0.1) is 5.10 Å². The maximum atomic E-state index is 13.7. The Bertz CT molecular complexity index is 1200. The standard InChI is InChI=1S/C23H23FN6O/c1-29(2)14-12-25-22(31)16-8-10-19(11-9-16)26-23-27-21-20(7-4-13-30(21)28-23)17-5-3-6-18(24)15-17/h3-11,13,15H,12,14H2,1-2H3,(H,25,31)(H,26,28). The first-order valence-electron chi connectivity index (χ1n) is 9.91. The van der Waals surface area contributed by atoms with Crippen molar-refractivity contribution in [3.63, 3.8) is 0 Å². The zero-order chi connectivity index (χ0) is 21.8. The number of hydrogen-bond acceptors (Lipinski definition) is 5. The summed E-state index contributed by atoms with van der Waals surface area (Å²) in [5.41, 5.74) is 3.47. The molecule has 0 saturated heterocycles. The van der Waals surface area contributed by atoms with Crippen LogP contribution < -0.4 is 10.6 Å². The van der Waals surface area contributed by atoms with E-state index in [1.54, 1.807) is 41.0 Å². The molecule has 0 bridgehead atoms. The second-order valence-corrected chi connectivity index (χ2v) is 7.40. The van der Waals surface area contributed by atoms with Crippen molar-refractivity contribution in [2.45, 2.75) is 0 Å². The number of fused-ring (bicyclic) bond motifs is 1. The van der Waals surface area contributed by atoms with E-state index in [-0.39, 0.29) is 11.7 Å². The van der Waals surface area contributed by atoms with Crippen molar-refractivity contribution in [1.29, 1.82) is 0 Å². The highest BCUT2D eigenvalue weighted by molar-refractivity contribution is 5.94. The van der Waals surface area contributed by atoms with Gasteiger partial charge in [0.15, 0.2) is 5.65 Å². The number of hydrogen-bond donors (Lipinski definition) is 2. The second kappa shape index (κ2) is 8.93. The first-order chi connectivity index (χ1) is 15.0. The molecule has 0 aliphatic carbocycles. The summed E-state index contributed by atoms with van der Waals surface area (Å²) in [4.78, 5) is 18.8. The van der Waals surface area contributed by atoms with E-state index in [0.717, 1.165) is 23.4 Å². The highest BCUT2D eigenvalue weighted by Gasteiger charge is 2.11. The van der Waals surface area contributed by atoms with E-state index < -0.39 is 0 Å². The zero-order valence-electron chi connectivity index (χ0n) is 17.3. The summed E-state index contributed by atoms with van der Waals surface area (Å²) < 4.78 is 15.3. The van der Waals surface area contributed by atoms with E-state index >= 15 is 0 Å². The molecule has 2 aromatic carbocycles. The van der Waals surface area contributed by atoms with Gasteiger partial charge < -0.3 is 15.5 Å². The molecule has 4 rings (SSSR count). The minimum Gasteiger partial charge on any atom is -0.351 e. The Morgan fingerprint density at radius 2 is 1.90 bits per heavy atom. The van der Waals surface area contributed by atoms with Gasteiger partial charge in [0, 0.05) is 36.1 Å². The minimum absolute atomic E-state index is 0.112. The largest absolute Gasteiger partial charge is 0.351 e. The van der Waals surface area contributed by atoms with Crippen molar-refractivity contribution in [1.82, 2.24) is 24.8 Å². The van der Waals surface area contributed by atoms with E-state index in [0.29, 0.717) is 23.7 Å². The molecule has 0 unspecified atom stereocenters. The predicted molar refractivity (Wildman–Crippen MR) is 119 cm³/mol. The third kappa shape index (κ3) is 4.87. The Labute approximate surface area is 179 Å². The number of carbonyl (C=O) groups excluding carboxylic acids is 1. The average Bonchev–Trinajstić information content (AvgIpc) is 3.16. The topological polar surface area (TPSA) is 74.6 Å². The molecule has 4 aromatic rings. The molecule has 1 amide bonds. The van der Waals surface area contributed by atoms with Crippen LogP contribution in [0.15, 0.2) is 66.9 Å². The highest BCUT2D eigenvalue weighted by atomic mass is 19.1. The van der Waals surface area contributed by atoms with Gasteiger partial charge in [-0.3, -0.25) is 4.79 Å². The van der Waals surface area contributed by atoms with Crippen LogP contribution >= 0.6 is 0 Å². The Balaban J connectivity index is 1.50. The lowest BCUT2D eigenvalue weighted by atomic mass is 10.1. The Morgan fingerprint density at radius 3 is 2.65 bits per heavy atom. The number of anilines is 2. The van der Waals surface area contributed by atoms with Crippen LogP contribution in [0, 0.1) is 5.82 Å². The number of halogens is 1. The number of likely N-dealkylation sites (N-methyl/N-ethyl adjacent to an activating group) is 1. The van der Waals surface area contributed by atoms with Crippen LogP contribution in [0.1, 0.15) is 10.4 Å². The van der Waals surface area contributed by atoms with Crippen molar-refractivity contribution in [2.24, 2.45) is 0 Å². The quantitative estimate of drug-likeness (QED) is 0.480. The summed E-state index contributed by atoms with van der Waals surface area (Å²) in [5.74, 6) is -0.00534. The van der Waals surface area contributed by atoms with Crippen LogP contribution in [0.25, 0.3) is 16.8 Å². The summed E-state index contributed by atoms with van der Waals surface area (Å²) in [6, 6.07) is 17.2. The van der Waals surface area contributed by atoms with Crippen molar-refractivity contribution in [3.8, 4) is 11.1 Å². The van der Waals surface area contributed by atoms with Gasteiger partial charge in [-0.05, 0) is 68.2 Å². The van der Waals surface area contributed by atoms with E-state index in [9.17, 15) is 9.18 Å². The predicted octanol–water partition coefficient (Wildman–Crippen LogP) is 3.57. The smallest absolute Gasteiger partial charge is 0.251 e. The average molecular weight is 418 g/mol. The van der Waals surface area contributed by atoms with Crippen LogP contribution in [0.2, 0.25) is 0 Å². The van der Waals surface area contributed by atoms with Crippen LogP contribution in [0.5, 0.6) is 0 Å². The minimum atomic E-state index is -0.303. The molecule has 158 valence electrons. The van der Waals surface area contributed by atoms with Crippen molar-refractivity contribution in [3.05, 3.63) is 78.2 Å². The second-order valence-electron chi connectivity index (χ2n) is 7.40. The first-order valence-corrected chi connectivity index (χ1v) is 9.91. The fourth-order valence-electron chi connectivity index (χ4n) is 3.17. The van der Waals surface area contributed by atoms with E-state index in [2.05, 4.69) is 20.7 Å². The molecule has 0 fully saturated rings. The lowest BCUT2D eigenvalue weighted by Gasteiger charge is -2.10. The van der Waals surface area contributed by atoms with Gasteiger partial charge >= 0.3 is 0 Å². The van der Waals surface area contributed by atoms with Gasteiger partial charge in [0.2, 0.25) is 5.95 Å². The Morgan fingerprint density at radius 1 is 1.10 bits per heavy atom. The number of nitrogens with one attached hydrogen (secondary N) is 2. The molecule has 0 aliphatic rings. The number of pyridine rings is 1. The molecular formula is C23H23FN6O. The van der Waals surface area contributed by atoms with Gasteiger partial charge in [0.25, 0.3) is 5.91 Å². The zero-order valence-corrected chi connectivity index (χ0v) is 17.3. The number of nitrogens with zero attached hydrogens (tertiary/aromatic N) is 4. The molecule has 0 spiro atoms. The molecule has 8 heteroatoms. The first kappa shape index (κ1) is 20.5. The van der Waals surface area contributed by atoms with Gasteiger partial charge in [0.1, 0.15) is 5.82 Å². The molecule has 0 atom stereocenters. The van der Waals surface area contributed by atoms with E-state index in [4.69, 9.17) is 0 Å². The van der Waals surface area contributed by atoms with Crippen molar-refractivity contribution in [2.75, 3.05) is 32.5 Å². The third-order valence-electron chi connectivity index (χ3n) is 4.75. The molecule has 0 aliphatic heterocycles.